The molecule has 12 heavy (non-hydrogen) atoms. The fourth-order valence-electron chi connectivity index (χ4n) is 0.933. The summed E-state index contributed by atoms with van der Waals surface area (Å²) in [6.45, 7) is 0.290. The lowest BCUT2D eigenvalue weighted by Crippen LogP contribution is -2.03. The lowest BCUT2D eigenvalue weighted by Gasteiger charge is -2.02. The molecule has 0 aliphatic rings. The van der Waals surface area contributed by atoms with E-state index in [0.717, 1.165) is 12.1 Å². The molecule has 0 radical (unpaired) electrons. The van der Waals surface area contributed by atoms with Crippen molar-refractivity contribution in [3.8, 4) is 5.75 Å². The van der Waals surface area contributed by atoms with Crippen molar-refractivity contribution in [2.75, 3.05) is 6.54 Å². The van der Waals surface area contributed by atoms with E-state index < -0.39 is 11.6 Å². The molecule has 1 aromatic rings. The average Bonchev–Trinajstić information content (AvgIpc) is 2.01. The van der Waals surface area contributed by atoms with Crippen LogP contribution in [-0.2, 0) is 6.42 Å². The van der Waals surface area contributed by atoms with E-state index >= 15 is 0 Å². The molecular formula is C8H9F2NO. The van der Waals surface area contributed by atoms with Gasteiger partial charge in [-0.2, -0.15) is 0 Å². The molecule has 0 heterocycles. The zero-order chi connectivity index (χ0) is 9.14. The number of rotatable bonds is 2. The normalized spacial score (nSPS) is 10.2. The van der Waals surface area contributed by atoms with Gasteiger partial charge in [0.05, 0.1) is 0 Å². The Hall–Kier alpha value is -1.16. The van der Waals surface area contributed by atoms with Crippen LogP contribution in [0.3, 0.4) is 0 Å². The monoisotopic (exact) mass is 173 g/mol. The minimum absolute atomic E-state index is 0.251. The highest BCUT2D eigenvalue weighted by molar-refractivity contribution is 5.33. The van der Waals surface area contributed by atoms with Crippen LogP contribution in [0, 0.1) is 11.6 Å². The van der Waals surface area contributed by atoms with E-state index in [0.29, 0.717) is 18.5 Å². The Labute approximate surface area is 68.6 Å². The van der Waals surface area contributed by atoms with E-state index in [2.05, 4.69) is 0 Å². The summed E-state index contributed by atoms with van der Waals surface area (Å²) in [5.74, 6) is -2.26. The SMILES string of the molecule is NCCc1cc(F)c(F)cc1O. The molecule has 0 aromatic heterocycles. The summed E-state index contributed by atoms with van der Waals surface area (Å²) >= 11 is 0. The van der Waals surface area contributed by atoms with Crippen molar-refractivity contribution in [2.45, 2.75) is 6.42 Å². The molecule has 0 bridgehead atoms. The highest BCUT2D eigenvalue weighted by Gasteiger charge is 2.07. The van der Waals surface area contributed by atoms with Crippen LogP contribution >= 0.6 is 0 Å². The predicted molar refractivity (Wildman–Crippen MR) is 40.8 cm³/mol. The minimum atomic E-state index is -1.05. The molecule has 0 spiro atoms. The van der Waals surface area contributed by atoms with Crippen molar-refractivity contribution in [1.29, 1.82) is 0 Å². The Kier molecular flexibility index (Phi) is 2.60. The first-order valence-electron chi connectivity index (χ1n) is 3.52. The zero-order valence-electron chi connectivity index (χ0n) is 6.35. The van der Waals surface area contributed by atoms with E-state index in [1.807, 2.05) is 0 Å². The Balaban J connectivity index is 3.05. The van der Waals surface area contributed by atoms with Crippen molar-refractivity contribution < 1.29 is 13.9 Å². The van der Waals surface area contributed by atoms with Crippen LogP contribution in [0.1, 0.15) is 5.56 Å². The van der Waals surface area contributed by atoms with Crippen LogP contribution in [0.15, 0.2) is 12.1 Å². The minimum Gasteiger partial charge on any atom is -0.508 e. The molecule has 0 aliphatic heterocycles. The smallest absolute Gasteiger partial charge is 0.162 e. The van der Waals surface area contributed by atoms with Crippen LogP contribution in [0.25, 0.3) is 0 Å². The van der Waals surface area contributed by atoms with Gasteiger partial charge in [0.1, 0.15) is 5.75 Å². The predicted octanol–water partition coefficient (Wildman–Crippen LogP) is 1.17. The number of aromatic hydroxyl groups is 1. The van der Waals surface area contributed by atoms with E-state index in [4.69, 9.17) is 10.8 Å². The second-order valence-corrected chi connectivity index (χ2v) is 2.43. The molecule has 0 unspecified atom stereocenters. The second-order valence-electron chi connectivity index (χ2n) is 2.43. The lowest BCUT2D eigenvalue weighted by atomic mass is 10.1. The summed E-state index contributed by atoms with van der Waals surface area (Å²) in [4.78, 5) is 0. The molecule has 1 rings (SSSR count). The van der Waals surface area contributed by atoms with Crippen molar-refractivity contribution in [3.63, 3.8) is 0 Å². The summed E-state index contributed by atoms with van der Waals surface area (Å²) < 4.78 is 25.0. The third kappa shape index (κ3) is 1.71. The van der Waals surface area contributed by atoms with E-state index in [9.17, 15) is 8.78 Å². The number of phenolic OH excluding ortho intramolecular Hbond substituents is 1. The van der Waals surface area contributed by atoms with Gasteiger partial charge >= 0.3 is 0 Å². The zero-order valence-corrected chi connectivity index (χ0v) is 6.35. The fraction of sp³-hybridized carbons (Fsp3) is 0.250. The standard InChI is InChI=1S/C8H9F2NO/c9-6-3-5(1-2-11)8(12)4-7(6)10/h3-4,12H,1-2,11H2. The number of nitrogens with two attached hydrogens (primary N) is 1. The van der Waals surface area contributed by atoms with Crippen LogP contribution < -0.4 is 5.73 Å². The summed E-state index contributed by atoms with van der Waals surface area (Å²) in [6.07, 6.45) is 0.336. The van der Waals surface area contributed by atoms with Crippen LogP contribution in [-0.4, -0.2) is 11.7 Å². The molecule has 0 fully saturated rings. The number of halogens is 2. The highest BCUT2D eigenvalue weighted by Crippen LogP contribution is 2.20. The maximum Gasteiger partial charge on any atom is 0.162 e. The topological polar surface area (TPSA) is 46.2 Å². The Morgan fingerprint density at radius 3 is 2.42 bits per heavy atom. The highest BCUT2D eigenvalue weighted by atomic mass is 19.2. The van der Waals surface area contributed by atoms with Gasteiger partial charge < -0.3 is 10.8 Å². The maximum atomic E-state index is 12.6. The van der Waals surface area contributed by atoms with Crippen molar-refractivity contribution in [1.82, 2.24) is 0 Å². The molecule has 1 aromatic carbocycles. The van der Waals surface area contributed by atoms with Crippen molar-refractivity contribution >= 4 is 0 Å². The van der Waals surface area contributed by atoms with Gasteiger partial charge in [0.15, 0.2) is 11.6 Å². The van der Waals surface area contributed by atoms with Crippen LogP contribution in [0.2, 0.25) is 0 Å². The van der Waals surface area contributed by atoms with E-state index in [1.165, 1.54) is 0 Å². The molecule has 0 saturated heterocycles. The third-order valence-corrected chi connectivity index (χ3v) is 1.54. The Morgan fingerprint density at radius 2 is 1.83 bits per heavy atom. The summed E-state index contributed by atoms with van der Waals surface area (Å²) in [6, 6.07) is 1.71. The van der Waals surface area contributed by atoms with Crippen molar-refractivity contribution in [3.05, 3.63) is 29.3 Å². The first-order valence-corrected chi connectivity index (χ1v) is 3.52. The largest absolute Gasteiger partial charge is 0.508 e. The fourth-order valence-corrected chi connectivity index (χ4v) is 0.933. The van der Waals surface area contributed by atoms with E-state index in [1.54, 1.807) is 0 Å². The van der Waals surface area contributed by atoms with Crippen LogP contribution in [0.5, 0.6) is 5.75 Å². The summed E-state index contributed by atoms with van der Waals surface area (Å²) in [7, 11) is 0. The first kappa shape index (κ1) is 8.93. The van der Waals surface area contributed by atoms with Gasteiger partial charge in [-0.25, -0.2) is 8.78 Å². The first-order chi connectivity index (χ1) is 5.65. The van der Waals surface area contributed by atoms with Crippen molar-refractivity contribution in [2.24, 2.45) is 5.73 Å². The van der Waals surface area contributed by atoms with Gasteiger partial charge in [0, 0.05) is 6.07 Å². The van der Waals surface area contributed by atoms with Crippen LogP contribution in [0.4, 0.5) is 8.78 Å². The second kappa shape index (κ2) is 3.49. The molecule has 66 valence electrons. The molecule has 4 heteroatoms. The number of benzene rings is 1. The molecule has 0 saturated carbocycles. The molecule has 0 atom stereocenters. The van der Waals surface area contributed by atoms with Gasteiger partial charge in [-0.15, -0.1) is 0 Å². The Bertz CT molecular complexity index is 289. The van der Waals surface area contributed by atoms with Gasteiger partial charge in [-0.3, -0.25) is 0 Å². The average molecular weight is 173 g/mol. The molecular weight excluding hydrogens is 164 g/mol. The van der Waals surface area contributed by atoms with Gasteiger partial charge in [0.25, 0.3) is 0 Å². The van der Waals surface area contributed by atoms with Gasteiger partial charge in [-0.1, -0.05) is 0 Å². The molecule has 2 nitrogen and oxygen atoms in total. The molecule has 0 aliphatic carbocycles. The maximum absolute atomic E-state index is 12.6. The Morgan fingerprint density at radius 1 is 1.25 bits per heavy atom. The number of hydrogen-bond acceptors (Lipinski definition) is 2. The van der Waals surface area contributed by atoms with Gasteiger partial charge in [0.2, 0.25) is 0 Å². The number of phenols is 1. The molecule has 0 amide bonds. The number of hydrogen-bond donors (Lipinski definition) is 2. The summed E-state index contributed by atoms with van der Waals surface area (Å²) in [5.41, 5.74) is 5.52. The lowest BCUT2D eigenvalue weighted by molar-refractivity contribution is 0.447. The van der Waals surface area contributed by atoms with E-state index in [-0.39, 0.29) is 5.75 Å². The van der Waals surface area contributed by atoms with Gasteiger partial charge in [-0.05, 0) is 24.6 Å². The molecule has 3 N–H and O–H groups in total. The third-order valence-electron chi connectivity index (χ3n) is 1.54. The summed E-state index contributed by atoms with van der Waals surface area (Å²) in [5, 5.41) is 9.08. The quantitative estimate of drug-likeness (QED) is 0.705.